The fourth-order valence-corrected chi connectivity index (χ4v) is 13.1. The standard InChI is InChI=1S/C56H99NO3/c1-6-7-8-9-10-11-12-13-14-15-16-17-18-19-20-21-22-28-41-58-46-51(45-57-39-26-23-27-40-57)60-43-42-59-50-35-37-56(5)49(44-50)31-33-52-53-34-32-48(30-25-24-29-47(2)3)55(53,4)38-36-54(52)56/h10-11,13-14,31,47-48,50-54H,6-9,12,15-30,32-46H2,1-5H3/b11-10-,14-13-/t48?,50-,51?,52?,53?,54?,55+,56-/m0/s1. The molecule has 5 unspecified atom stereocenters. The summed E-state index contributed by atoms with van der Waals surface area (Å²) < 4.78 is 19.5. The molecule has 0 radical (unpaired) electrons. The van der Waals surface area contributed by atoms with Crippen LogP contribution in [0, 0.1) is 40.4 Å². The number of likely N-dealkylation sites (tertiary alicyclic amines) is 1. The van der Waals surface area contributed by atoms with Crippen molar-refractivity contribution < 1.29 is 14.2 Å². The summed E-state index contributed by atoms with van der Waals surface area (Å²) in [4.78, 5) is 2.61. The average Bonchev–Trinajstić information content (AvgIpc) is 3.59. The molecule has 5 aliphatic rings. The number of fused-ring (bicyclic) bond motifs is 5. The summed E-state index contributed by atoms with van der Waals surface area (Å²) in [6, 6.07) is 0. The summed E-state index contributed by atoms with van der Waals surface area (Å²) in [5.74, 6) is 4.59. The molecule has 1 saturated heterocycles. The van der Waals surface area contributed by atoms with E-state index in [1.165, 1.54) is 186 Å². The third-order valence-electron chi connectivity index (χ3n) is 16.8. The Hall–Kier alpha value is -0.940. The summed E-state index contributed by atoms with van der Waals surface area (Å²) in [5, 5.41) is 0. The van der Waals surface area contributed by atoms with E-state index in [1.54, 1.807) is 5.57 Å². The molecular formula is C56H99NO3. The van der Waals surface area contributed by atoms with Gasteiger partial charge in [-0.25, -0.2) is 0 Å². The molecule has 3 saturated carbocycles. The van der Waals surface area contributed by atoms with Crippen LogP contribution in [-0.4, -0.2) is 63.2 Å². The third kappa shape index (κ3) is 16.2. The van der Waals surface area contributed by atoms with Crippen LogP contribution in [0.4, 0.5) is 0 Å². The molecule has 1 heterocycles. The lowest BCUT2D eigenvalue weighted by Crippen LogP contribution is -2.50. The Morgan fingerprint density at radius 2 is 1.47 bits per heavy atom. The molecule has 0 aromatic rings. The van der Waals surface area contributed by atoms with E-state index in [4.69, 9.17) is 14.2 Å². The topological polar surface area (TPSA) is 30.9 Å². The van der Waals surface area contributed by atoms with Gasteiger partial charge in [-0.2, -0.15) is 0 Å². The van der Waals surface area contributed by atoms with Gasteiger partial charge in [0.05, 0.1) is 32.0 Å². The second kappa shape index (κ2) is 28.1. The van der Waals surface area contributed by atoms with E-state index in [0.717, 1.165) is 62.2 Å². The number of piperidine rings is 1. The molecule has 4 aliphatic carbocycles. The summed E-state index contributed by atoms with van der Waals surface area (Å²) in [6.45, 7) is 18.8. The second-order valence-electron chi connectivity index (χ2n) is 21.7. The molecule has 4 fully saturated rings. The molecule has 0 bridgehead atoms. The monoisotopic (exact) mass is 834 g/mol. The smallest absolute Gasteiger partial charge is 0.0936 e. The number of hydrogen-bond donors (Lipinski definition) is 0. The SMILES string of the molecule is CCCCC/C=C\C/C=C\CCCCCCCCCCOCC(CN1CCCCC1)OCCO[C@H]1CC[C@@]2(C)C(=CCC3C4CCC(CCCCC(C)C)[C@@]4(C)CCC32)C1. The van der Waals surface area contributed by atoms with Crippen molar-refractivity contribution in [2.24, 2.45) is 40.4 Å². The highest BCUT2D eigenvalue weighted by Crippen LogP contribution is 2.67. The van der Waals surface area contributed by atoms with Gasteiger partial charge in [0.1, 0.15) is 0 Å². The van der Waals surface area contributed by atoms with Crippen LogP contribution >= 0.6 is 0 Å². The van der Waals surface area contributed by atoms with Crippen molar-refractivity contribution in [3.05, 3.63) is 36.0 Å². The first kappa shape index (κ1) is 50.1. The fourth-order valence-electron chi connectivity index (χ4n) is 13.1. The largest absolute Gasteiger partial charge is 0.379 e. The molecule has 5 rings (SSSR count). The lowest BCUT2D eigenvalue weighted by molar-refractivity contribution is -0.0787. The minimum absolute atomic E-state index is 0.147. The van der Waals surface area contributed by atoms with Crippen molar-refractivity contribution in [1.82, 2.24) is 4.90 Å². The van der Waals surface area contributed by atoms with Gasteiger partial charge < -0.3 is 19.1 Å². The van der Waals surface area contributed by atoms with Crippen molar-refractivity contribution in [1.29, 1.82) is 0 Å². The highest BCUT2D eigenvalue weighted by molar-refractivity contribution is 5.25. The predicted molar refractivity (Wildman–Crippen MR) is 258 cm³/mol. The van der Waals surface area contributed by atoms with Crippen LogP contribution in [-0.2, 0) is 14.2 Å². The van der Waals surface area contributed by atoms with Crippen molar-refractivity contribution in [3.63, 3.8) is 0 Å². The molecule has 0 aromatic carbocycles. The van der Waals surface area contributed by atoms with E-state index in [1.807, 2.05) is 0 Å². The summed E-state index contributed by atoms with van der Waals surface area (Å²) >= 11 is 0. The van der Waals surface area contributed by atoms with Crippen LogP contribution in [0.25, 0.3) is 0 Å². The summed E-state index contributed by atoms with van der Waals surface area (Å²) in [6.07, 6.45) is 51.7. The zero-order valence-corrected chi connectivity index (χ0v) is 40.6. The van der Waals surface area contributed by atoms with E-state index in [2.05, 4.69) is 69.9 Å². The first-order chi connectivity index (χ1) is 29.3. The van der Waals surface area contributed by atoms with Crippen LogP contribution in [0.15, 0.2) is 36.0 Å². The molecule has 0 aromatic heterocycles. The van der Waals surface area contributed by atoms with E-state index < -0.39 is 0 Å². The Kier molecular flexibility index (Phi) is 23.4. The van der Waals surface area contributed by atoms with Crippen LogP contribution in [0.3, 0.4) is 0 Å². The van der Waals surface area contributed by atoms with E-state index in [9.17, 15) is 0 Å². The second-order valence-corrected chi connectivity index (χ2v) is 21.7. The minimum atomic E-state index is 0.147. The van der Waals surface area contributed by atoms with Gasteiger partial charge in [-0.3, -0.25) is 0 Å². The van der Waals surface area contributed by atoms with Crippen molar-refractivity contribution in [3.8, 4) is 0 Å². The first-order valence-electron chi connectivity index (χ1n) is 26.9. The molecule has 0 amide bonds. The number of rotatable bonds is 31. The molecule has 346 valence electrons. The van der Waals surface area contributed by atoms with Crippen molar-refractivity contribution >= 4 is 0 Å². The summed E-state index contributed by atoms with van der Waals surface area (Å²) in [5.41, 5.74) is 2.75. The van der Waals surface area contributed by atoms with Gasteiger partial charge in [0.25, 0.3) is 0 Å². The van der Waals surface area contributed by atoms with Crippen LogP contribution < -0.4 is 0 Å². The van der Waals surface area contributed by atoms with Crippen LogP contribution in [0.1, 0.15) is 221 Å². The van der Waals surface area contributed by atoms with E-state index >= 15 is 0 Å². The molecular weight excluding hydrogens is 735 g/mol. The van der Waals surface area contributed by atoms with Crippen molar-refractivity contribution in [2.75, 3.05) is 46.1 Å². The van der Waals surface area contributed by atoms with Crippen LogP contribution in [0.5, 0.6) is 0 Å². The predicted octanol–water partition coefficient (Wildman–Crippen LogP) is 15.6. The van der Waals surface area contributed by atoms with E-state index in [0.29, 0.717) is 30.1 Å². The van der Waals surface area contributed by atoms with Gasteiger partial charge in [-0.15, -0.1) is 0 Å². The maximum Gasteiger partial charge on any atom is 0.0936 e. The Labute approximate surface area is 373 Å². The van der Waals surface area contributed by atoms with Gasteiger partial charge in [0.15, 0.2) is 0 Å². The number of hydrogen-bond acceptors (Lipinski definition) is 4. The fraction of sp³-hybridized carbons (Fsp3) is 0.893. The lowest BCUT2D eigenvalue weighted by atomic mass is 9.47. The van der Waals surface area contributed by atoms with Crippen LogP contribution in [0.2, 0.25) is 0 Å². The van der Waals surface area contributed by atoms with Crippen molar-refractivity contribution in [2.45, 2.75) is 233 Å². The third-order valence-corrected chi connectivity index (χ3v) is 16.8. The number of ether oxygens (including phenoxy) is 3. The number of nitrogens with zero attached hydrogens (tertiary/aromatic N) is 1. The van der Waals surface area contributed by atoms with Gasteiger partial charge >= 0.3 is 0 Å². The quantitative estimate of drug-likeness (QED) is 0.0514. The molecule has 4 nitrogen and oxygen atoms in total. The van der Waals surface area contributed by atoms with Gasteiger partial charge in [-0.05, 0) is 163 Å². The maximum absolute atomic E-state index is 6.64. The zero-order valence-electron chi connectivity index (χ0n) is 40.6. The van der Waals surface area contributed by atoms with Gasteiger partial charge in [-0.1, -0.05) is 148 Å². The molecule has 0 N–H and O–H groups in total. The Balaban J connectivity index is 0.926. The highest BCUT2D eigenvalue weighted by atomic mass is 16.6. The average molecular weight is 834 g/mol. The zero-order chi connectivity index (χ0) is 42.3. The Bertz CT molecular complexity index is 1220. The highest BCUT2D eigenvalue weighted by Gasteiger charge is 2.58. The van der Waals surface area contributed by atoms with Gasteiger partial charge in [0.2, 0.25) is 0 Å². The Morgan fingerprint density at radius 1 is 0.733 bits per heavy atom. The molecule has 8 atom stereocenters. The molecule has 60 heavy (non-hydrogen) atoms. The lowest BCUT2D eigenvalue weighted by Gasteiger charge is -2.58. The molecule has 1 aliphatic heterocycles. The number of unbranched alkanes of at least 4 members (excludes halogenated alkanes) is 12. The molecule has 0 spiro atoms. The molecule has 4 heteroatoms. The maximum atomic E-state index is 6.64. The van der Waals surface area contributed by atoms with Gasteiger partial charge in [0, 0.05) is 13.2 Å². The van der Waals surface area contributed by atoms with E-state index in [-0.39, 0.29) is 6.10 Å². The number of allylic oxidation sites excluding steroid dienone is 5. The first-order valence-corrected chi connectivity index (χ1v) is 26.9. The summed E-state index contributed by atoms with van der Waals surface area (Å²) in [7, 11) is 0. The minimum Gasteiger partial charge on any atom is -0.379 e. The Morgan fingerprint density at radius 3 is 2.22 bits per heavy atom. The normalized spacial score (nSPS) is 30.2.